The number of H-pyrrole nitrogens is 1. The minimum absolute atomic E-state index is 0.602. The Hall–Kier alpha value is -3.65. The highest BCUT2D eigenvalue weighted by Crippen LogP contribution is 2.38. The van der Waals surface area contributed by atoms with Gasteiger partial charge in [0.1, 0.15) is 11.8 Å². The predicted molar refractivity (Wildman–Crippen MR) is 141 cm³/mol. The molecule has 8 nitrogen and oxygen atoms in total. The summed E-state index contributed by atoms with van der Waals surface area (Å²) in [4.78, 5) is 12.5. The second-order valence-corrected chi connectivity index (χ2v) is 9.65. The molecule has 1 aliphatic heterocycles. The molecule has 2 aromatic carbocycles. The van der Waals surface area contributed by atoms with Crippen LogP contribution in [0.2, 0.25) is 0 Å². The standard InChI is InChI=1S/C28H33N7O/c1-19-8-12-21(13-9-19)25-26(22-14-10-20(2)11-15-22)30-28-27(29-25)23(36)16-18-35(28)17-6-4-3-5-7-24-31-33-34-32-24/h8-15,23,36H,3-7,16-18H2,1-2H3,(H,31,32,33,34)/t23-/m0/s1. The van der Waals surface area contributed by atoms with Gasteiger partial charge < -0.3 is 10.0 Å². The Bertz CT molecular complexity index is 1270. The molecule has 0 spiro atoms. The smallest absolute Gasteiger partial charge is 0.174 e. The molecule has 0 fully saturated rings. The van der Waals surface area contributed by atoms with Crippen molar-refractivity contribution in [1.82, 2.24) is 30.6 Å². The number of benzene rings is 2. The van der Waals surface area contributed by atoms with Gasteiger partial charge in [-0.25, -0.2) is 9.97 Å². The van der Waals surface area contributed by atoms with Crippen molar-refractivity contribution in [2.24, 2.45) is 0 Å². The van der Waals surface area contributed by atoms with Crippen molar-refractivity contribution in [3.8, 4) is 22.5 Å². The summed E-state index contributed by atoms with van der Waals surface area (Å²) in [5.74, 6) is 1.59. The molecule has 1 aliphatic rings. The molecule has 0 amide bonds. The van der Waals surface area contributed by atoms with E-state index in [-0.39, 0.29) is 0 Å². The number of nitrogens with zero attached hydrogens (tertiary/aromatic N) is 6. The van der Waals surface area contributed by atoms with E-state index in [0.29, 0.717) is 12.1 Å². The fourth-order valence-electron chi connectivity index (χ4n) is 4.69. The van der Waals surface area contributed by atoms with Crippen LogP contribution in [0.25, 0.3) is 22.5 Å². The number of nitrogens with one attached hydrogen (secondary N) is 1. The number of tetrazole rings is 1. The zero-order valence-corrected chi connectivity index (χ0v) is 21.0. The maximum Gasteiger partial charge on any atom is 0.174 e. The van der Waals surface area contributed by atoms with Crippen molar-refractivity contribution >= 4 is 5.82 Å². The van der Waals surface area contributed by atoms with Crippen LogP contribution in [-0.2, 0) is 6.42 Å². The zero-order valence-electron chi connectivity index (χ0n) is 21.0. The third kappa shape index (κ3) is 5.44. The van der Waals surface area contributed by atoms with Crippen molar-refractivity contribution in [3.63, 3.8) is 0 Å². The van der Waals surface area contributed by atoms with Crippen LogP contribution in [-0.4, -0.2) is 48.8 Å². The number of rotatable bonds is 9. The molecule has 8 heteroatoms. The van der Waals surface area contributed by atoms with E-state index in [0.717, 1.165) is 79.4 Å². The van der Waals surface area contributed by atoms with Gasteiger partial charge in [-0.3, -0.25) is 0 Å². The molecule has 36 heavy (non-hydrogen) atoms. The molecule has 1 atom stereocenters. The number of fused-ring (bicyclic) bond motifs is 1. The summed E-state index contributed by atoms with van der Waals surface area (Å²) in [6.07, 6.45) is 5.25. The molecule has 0 saturated heterocycles. The Labute approximate surface area is 211 Å². The first-order valence-electron chi connectivity index (χ1n) is 12.8. The van der Waals surface area contributed by atoms with Crippen LogP contribution in [0.15, 0.2) is 48.5 Å². The van der Waals surface area contributed by atoms with E-state index < -0.39 is 6.10 Å². The molecule has 186 valence electrons. The van der Waals surface area contributed by atoms with E-state index >= 15 is 0 Å². The summed E-state index contributed by atoms with van der Waals surface area (Å²) in [6, 6.07) is 16.8. The molecule has 0 unspecified atom stereocenters. The lowest BCUT2D eigenvalue weighted by molar-refractivity contribution is 0.158. The SMILES string of the molecule is Cc1ccc(-c2nc3c(nc2-c2ccc(C)cc2)N(CCCCCCc2nn[nH]n2)CC[C@@H]3O)cc1. The number of aliphatic hydroxyl groups is 1. The van der Waals surface area contributed by atoms with Gasteiger partial charge in [0.25, 0.3) is 0 Å². The molecular weight excluding hydrogens is 450 g/mol. The number of aryl methyl sites for hydroxylation is 3. The van der Waals surface area contributed by atoms with Gasteiger partial charge in [-0.2, -0.15) is 5.21 Å². The lowest BCUT2D eigenvalue weighted by atomic mass is 10.00. The molecule has 0 saturated carbocycles. The van der Waals surface area contributed by atoms with Crippen molar-refractivity contribution in [2.45, 2.75) is 58.5 Å². The Kier molecular flexibility index (Phi) is 7.32. The lowest BCUT2D eigenvalue weighted by Gasteiger charge is -2.33. The maximum absolute atomic E-state index is 10.9. The van der Waals surface area contributed by atoms with E-state index in [1.165, 1.54) is 11.1 Å². The Morgan fingerprint density at radius 3 is 2.14 bits per heavy atom. The van der Waals surface area contributed by atoms with Gasteiger partial charge >= 0.3 is 0 Å². The minimum atomic E-state index is -0.602. The van der Waals surface area contributed by atoms with E-state index in [1.807, 2.05) is 0 Å². The Morgan fingerprint density at radius 2 is 1.50 bits per heavy atom. The molecule has 0 radical (unpaired) electrons. The second-order valence-electron chi connectivity index (χ2n) is 9.65. The lowest BCUT2D eigenvalue weighted by Crippen LogP contribution is -2.34. The Morgan fingerprint density at radius 1 is 0.861 bits per heavy atom. The van der Waals surface area contributed by atoms with Gasteiger partial charge in [0, 0.05) is 30.6 Å². The fourth-order valence-corrected chi connectivity index (χ4v) is 4.69. The van der Waals surface area contributed by atoms with Crippen molar-refractivity contribution in [1.29, 1.82) is 0 Å². The normalized spacial score (nSPS) is 15.2. The molecule has 5 rings (SSSR count). The number of aromatic nitrogens is 6. The largest absolute Gasteiger partial charge is 0.387 e. The average molecular weight is 484 g/mol. The van der Waals surface area contributed by atoms with Crippen molar-refractivity contribution < 1.29 is 5.11 Å². The highest BCUT2D eigenvalue weighted by atomic mass is 16.3. The van der Waals surface area contributed by atoms with E-state index in [1.54, 1.807) is 0 Å². The molecule has 0 aliphatic carbocycles. The van der Waals surface area contributed by atoms with Crippen LogP contribution in [0.4, 0.5) is 5.82 Å². The average Bonchev–Trinajstić information content (AvgIpc) is 3.41. The van der Waals surface area contributed by atoms with Crippen LogP contribution in [0.5, 0.6) is 0 Å². The van der Waals surface area contributed by atoms with Crippen LogP contribution in [0, 0.1) is 13.8 Å². The molecule has 2 aromatic heterocycles. The summed E-state index contributed by atoms with van der Waals surface area (Å²) in [5.41, 5.74) is 6.81. The zero-order chi connectivity index (χ0) is 24.9. The summed E-state index contributed by atoms with van der Waals surface area (Å²) < 4.78 is 0. The van der Waals surface area contributed by atoms with Gasteiger partial charge in [0.2, 0.25) is 0 Å². The number of anilines is 1. The van der Waals surface area contributed by atoms with Gasteiger partial charge in [-0.15, -0.1) is 10.2 Å². The number of hydrogen-bond donors (Lipinski definition) is 2. The van der Waals surface area contributed by atoms with E-state index in [9.17, 15) is 5.11 Å². The number of aliphatic hydroxyl groups excluding tert-OH is 1. The predicted octanol–water partition coefficient (Wildman–Crippen LogP) is 4.99. The minimum Gasteiger partial charge on any atom is -0.387 e. The molecule has 3 heterocycles. The Balaban J connectivity index is 1.39. The quantitative estimate of drug-likeness (QED) is 0.323. The first kappa shape index (κ1) is 24.1. The second kappa shape index (κ2) is 11.0. The first-order chi connectivity index (χ1) is 17.6. The van der Waals surface area contributed by atoms with E-state index in [4.69, 9.17) is 9.97 Å². The van der Waals surface area contributed by atoms with Crippen molar-refractivity contribution in [3.05, 3.63) is 71.2 Å². The third-order valence-electron chi connectivity index (χ3n) is 6.81. The summed E-state index contributed by atoms with van der Waals surface area (Å²) in [6.45, 7) is 5.84. The summed E-state index contributed by atoms with van der Waals surface area (Å²) in [7, 11) is 0. The fraction of sp³-hybridized carbons (Fsp3) is 0.393. The maximum atomic E-state index is 10.9. The molecule has 0 bridgehead atoms. The number of aromatic amines is 1. The molecular formula is C28H33N7O. The van der Waals surface area contributed by atoms with Crippen molar-refractivity contribution in [2.75, 3.05) is 18.0 Å². The van der Waals surface area contributed by atoms with Crippen LogP contribution in [0.3, 0.4) is 0 Å². The topological polar surface area (TPSA) is 104 Å². The van der Waals surface area contributed by atoms with Crippen LogP contribution in [0.1, 0.15) is 60.9 Å². The third-order valence-corrected chi connectivity index (χ3v) is 6.81. The van der Waals surface area contributed by atoms with Gasteiger partial charge in [-0.05, 0) is 33.1 Å². The highest BCUT2D eigenvalue weighted by molar-refractivity contribution is 5.80. The molecule has 4 aromatic rings. The summed E-state index contributed by atoms with van der Waals surface area (Å²) >= 11 is 0. The molecule has 2 N–H and O–H groups in total. The van der Waals surface area contributed by atoms with Crippen LogP contribution >= 0.6 is 0 Å². The van der Waals surface area contributed by atoms with Gasteiger partial charge in [0.05, 0.1) is 11.4 Å². The van der Waals surface area contributed by atoms with E-state index in [2.05, 4.69) is 87.9 Å². The van der Waals surface area contributed by atoms with Crippen LogP contribution < -0.4 is 4.90 Å². The first-order valence-corrected chi connectivity index (χ1v) is 12.8. The number of unbranched alkanes of at least 4 members (excludes halogenated alkanes) is 3. The van der Waals surface area contributed by atoms with Gasteiger partial charge in [0.15, 0.2) is 11.6 Å². The monoisotopic (exact) mass is 483 g/mol. The number of hydrogen-bond acceptors (Lipinski definition) is 7. The summed E-state index contributed by atoms with van der Waals surface area (Å²) in [5, 5.41) is 25.0. The highest BCUT2D eigenvalue weighted by Gasteiger charge is 2.29. The van der Waals surface area contributed by atoms with Gasteiger partial charge in [-0.1, -0.05) is 77.7 Å².